The van der Waals surface area contributed by atoms with Gasteiger partial charge in [0.2, 0.25) is 5.91 Å². The van der Waals surface area contributed by atoms with Crippen LogP contribution in [0.5, 0.6) is 0 Å². The Morgan fingerprint density at radius 1 is 1.48 bits per heavy atom. The van der Waals surface area contributed by atoms with Crippen LogP contribution in [-0.2, 0) is 4.79 Å². The number of likely N-dealkylation sites (N-methyl/N-ethyl adjacent to an activating group) is 1. The number of nitrogens with zero attached hydrogens (tertiary/aromatic N) is 1. The predicted molar refractivity (Wildman–Crippen MR) is 82.6 cm³/mol. The van der Waals surface area contributed by atoms with E-state index < -0.39 is 5.54 Å². The standard InChI is InChI=1S/C16H24FN3O/c1-11(2)19-16(15(18)21,12-8-9-12)10-20(3)14-7-5-4-6-13(14)17/h4-7,11-12,19H,8-10H2,1-3H3,(H2,18,21). The van der Waals surface area contributed by atoms with Crippen LogP contribution in [0.2, 0.25) is 0 Å². The Labute approximate surface area is 125 Å². The summed E-state index contributed by atoms with van der Waals surface area (Å²) in [5.74, 6) is -0.424. The van der Waals surface area contributed by atoms with Crippen LogP contribution in [0.4, 0.5) is 10.1 Å². The van der Waals surface area contributed by atoms with E-state index in [0.29, 0.717) is 12.2 Å². The van der Waals surface area contributed by atoms with E-state index in [1.807, 2.05) is 13.8 Å². The van der Waals surface area contributed by atoms with Gasteiger partial charge in [0, 0.05) is 19.6 Å². The summed E-state index contributed by atoms with van der Waals surface area (Å²) in [4.78, 5) is 13.9. The smallest absolute Gasteiger partial charge is 0.239 e. The number of para-hydroxylation sites is 1. The summed E-state index contributed by atoms with van der Waals surface area (Å²) in [5.41, 5.74) is 5.38. The first-order valence-corrected chi connectivity index (χ1v) is 7.40. The summed E-state index contributed by atoms with van der Waals surface area (Å²) >= 11 is 0. The number of hydrogen-bond acceptors (Lipinski definition) is 3. The molecule has 1 aliphatic rings. The molecule has 1 atom stereocenters. The van der Waals surface area contributed by atoms with Crippen LogP contribution in [0.15, 0.2) is 24.3 Å². The fraction of sp³-hybridized carbons (Fsp3) is 0.562. The third kappa shape index (κ3) is 3.35. The molecular weight excluding hydrogens is 269 g/mol. The summed E-state index contributed by atoms with van der Waals surface area (Å²) in [5, 5.41) is 3.34. The second-order valence-electron chi connectivity index (χ2n) is 6.22. The molecule has 4 nitrogen and oxygen atoms in total. The molecule has 1 aromatic carbocycles. The van der Waals surface area contributed by atoms with E-state index in [1.54, 1.807) is 30.1 Å². The van der Waals surface area contributed by atoms with Gasteiger partial charge >= 0.3 is 0 Å². The van der Waals surface area contributed by atoms with Crippen molar-refractivity contribution in [1.82, 2.24) is 5.32 Å². The van der Waals surface area contributed by atoms with Crippen molar-refractivity contribution in [1.29, 1.82) is 0 Å². The van der Waals surface area contributed by atoms with Crippen LogP contribution in [0, 0.1) is 11.7 Å². The second-order valence-corrected chi connectivity index (χ2v) is 6.22. The van der Waals surface area contributed by atoms with Gasteiger partial charge in [0.25, 0.3) is 0 Å². The zero-order valence-corrected chi connectivity index (χ0v) is 12.9. The highest BCUT2D eigenvalue weighted by atomic mass is 19.1. The van der Waals surface area contributed by atoms with Crippen molar-refractivity contribution in [3.05, 3.63) is 30.1 Å². The highest BCUT2D eigenvalue weighted by molar-refractivity contribution is 5.86. The zero-order chi connectivity index (χ0) is 15.6. The summed E-state index contributed by atoms with van der Waals surface area (Å²) in [7, 11) is 1.79. The van der Waals surface area contributed by atoms with Crippen LogP contribution in [0.1, 0.15) is 26.7 Å². The number of nitrogens with two attached hydrogens (primary N) is 1. The molecule has 0 aliphatic heterocycles. The van der Waals surface area contributed by atoms with Gasteiger partial charge in [-0.15, -0.1) is 0 Å². The first-order valence-electron chi connectivity index (χ1n) is 7.40. The van der Waals surface area contributed by atoms with Crippen molar-refractivity contribution >= 4 is 11.6 Å². The number of nitrogens with one attached hydrogen (secondary N) is 1. The lowest BCUT2D eigenvalue weighted by Crippen LogP contribution is -2.64. The van der Waals surface area contributed by atoms with E-state index in [1.165, 1.54) is 6.07 Å². The maximum atomic E-state index is 13.9. The maximum absolute atomic E-state index is 13.9. The van der Waals surface area contributed by atoms with Gasteiger partial charge in [0.05, 0.1) is 5.69 Å². The van der Waals surface area contributed by atoms with Gasteiger partial charge in [-0.3, -0.25) is 10.1 Å². The molecule has 2 rings (SSSR count). The van der Waals surface area contributed by atoms with Crippen molar-refractivity contribution in [2.75, 3.05) is 18.5 Å². The van der Waals surface area contributed by atoms with Crippen molar-refractivity contribution in [3.63, 3.8) is 0 Å². The molecule has 1 amide bonds. The van der Waals surface area contributed by atoms with E-state index in [2.05, 4.69) is 5.32 Å². The number of carbonyl (C=O) groups is 1. The summed E-state index contributed by atoms with van der Waals surface area (Å²) in [6.45, 7) is 4.35. The molecule has 5 heteroatoms. The van der Waals surface area contributed by atoms with Crippen molar-refractivity contribution < 1.29 is 9.18 Å². The Morgan fingerprint density at radius 2 is 2.10 bits per heavy atom. The lowest BCUT2D eigenvalue weighted by atomic mass is 9.90. The zero-order valence-electron chi connectivity index (χ0n) is 12.9. The molecule has 0 heterocycles. The topological polar surface area (TPSA) is 58.4 Å². The summed E-state index contributed by atoms with van der Waals surface area (Å²) in [6, 6.07) is 6.70. The number of carbonyl (C=O) groups excluding carboxylic acids is 1. The van der Waals surface area contributed by atoms with Gasteiger partial charge in [-0.1, -0.05) is 12.1 Å². The van der Waals surface area contributed by atoms with Gasteiger partial charge in [-0.2, -0.15) is 0 Å². The highest BCUT2D eigenvalue weighted by Gasteiger charge is 2.50. The van der Waals surface area contributed by atoms with Crippen LogP contribution in [0.3, 0.4) is 0 Å². The van der Waals surface area contributed by atoms with Gasteiger partial charge in [-0.05, 0) is 44.7 Å². The number of primary amides is 1. The number of benzene rings is 1. The fourth-order valence-corrected chi connectivity index (χ4v) is 2.95. The van der Waals surface area contributed by atoms with Crippen molar-refractivity contribution in [2.24, 2.45) is 11.7 Å². The number of hydrogen-bond donors (Lipinski definition) is 2. The highest BCUT2D eigenvalue weighted by Crippen LogP contribution is 2.41. The molecule has 21 heavy (non-hydrogen) atoms. The van der Waals surface area contributed by atoms with E-state index in [9.17, 15) is 9.18 Å². The van der Waals surface area contributed by atoms with Crippen LogP contribution >= 0.6 is 0 Å². The van der Waals surface area contributed by atoms with Crippen LogP contribution in [0.25, 0.3) is 0 Å². The molecule has 1 unspecified atom stereocenters. The molecule has 1 fully saturated rings. The molecule has 0 saturated heterocycles. The number of rotatable bonds is 7. The Hall–Kier alpha value is -1.62. The summed E-state index contributed by atoms with van der Waals surface area (Å²) < 4.78 is 13.9. The monoisotopic (exact) mass is 293 g/mol. The van der Waals surface area contributed by atoms with E-state index in [4.69, 9.17) is 5.73 Å². The van der Waals surface area contributed by atoms with Crippen molar-refractivity contribution in [3.8, 4) is 0 Å². The SMILES string of the molecule is CC(C)NC(CN(C)c1ccccc1F)(C(N)=O)C1CC1. The molecule has 1 aliphatic carbocycles. The molecule has 1 aromatic rings. The lowest BCUT2D eigenvalue weighted by molar-refractivity contribution is -0.125. The first-order chi connectivity index (χ1) is 9.86. The molecule has 3 N–H and O–H groups in total. The van der Waals surface area contributed by atoms with Crippen molar-refractivity contribution in [2.45, 2.75) is 38.3 Å². The molecule has 1 saturated carbocycles. The molecule has 0 radical (unpaired) electrons. The molecule has 0 aromatic heterocycles. The third-order valence-corrected chi connectivity index (χ3v) is 4.01. The van der Waals surface area contributed by atoms with Gasteiger partial charge < -0.3 is 10.6 Å². The Kier molecular flexibility index (Phi) is 4.52. The second kappa shape index (κ2) is 6.02. The average Bonchev–Trinajstić information content (AvgIpc) is 3.21. The molecule has 0 bridgehead atoms. The largest absolute Gasteiger partial charge is 0.370 e. The van der Waals surface area contributed by atoms with Crippen LogP contribution < -0.4 is 16.0 Å². The van der Waals surface area contributed by atoms with E-state index >= 15 is 0 Å². The van der Waals surface area contributed by atoms with Crippen LogP contribution in [-0.4, -0.2) is 31.1 Å². The minimum absolute atomic E-state index is 0.132. The average molecular weight is 293 g/mol. The third-order valence-electron chi connectivity index (χ3n) is 4.01. The number of amides is 1. The lowest BCUT2D eigenvalue weighted by Gasteiger charge is -2.38. The van der Waals surface area contributed by atoms with Gasteiger partial charge in [-0.25, -0.2) is 4.39 Å². The molecule has 0 spiro atoms. The Bertz CT molecular complexity index is 516. The van der Waals surface area contributed by atoms with Gasteiger partial charge in [0.15, 0.2) is 0 Å². The van der Waals surface area contributed by atoms with E-state index in [0.717, 1.165) is 12.8 Å². The first kappa shape index (κ1) is 15.8. The quantitative estimate of drug-likeness (QED) is 0.807. The minimum Gasteiger partial charge on any atom is -0.370 e. The number of anilines is 1. The number of halogens is 1. The minimum atomic E-state index is -0.800. The van der Waals surface area contributed by atoms with E-state index in [-0.39, 0.29) is 23.7 Å². The molecular formula is C16H24FN3O. The van der Waals surface area contributed by atoms with Gasteiger partial charge in [0.1, 0.15) is 11.4 Å². The Morgan fingerprint density at radius 3 is 2.57 bits per heavy atom. The Balaban J connectivity index is 2.26. The predicted octanol–water partition coefficient (Wildman–Crippen LogP) is 1.89. The maximum Gasteiger partial charge on any atom is 0.239 e. The normalized spacial score (nSPS) is 17.6. The summed E-state index contributed by atoms with van der Waals surface area (Å²) in [6.07, 6.45) is 1.96. The fourth-order valence-electron chi connectivity index (χ4n) is 2.95. The molecule has 116 valence electrons.